The smallest absolute Gasteiger partial charge is 0.748 e. The molecule has 0 bridgehead atoms. The minimum absolute atomic E-state index is 0. The molecule has 0 rings (SSSR count). The summed E-state index contributed by atoms with van der Waals surface area (Å²) in [4.78, 5) is 0. The average molecular weight is 417 g/mol. The zero-order valence-electron chi connectivity index (χ0n) is 17.5. The number of aliphatic hydroxyl groups excluding tert-OH is 1. The first-order chi connectivity index (χ1) is 11.9. The van der Waals surface area contributed by atoms with Crippen LogP contribution in [0.4, 0.5) is 0 Å². The molecule has 152 valence electrons. The van der Waals surface area contributed by atoms with Crippen LogP contribution < -0.4 is 51.4 Å². The van der Waals surface area contributed by atoms with Crippen molar-refractivity contribution in [3.8, 4) is 0 Å². The molecule has 26 heavy (non-hydrogen) atoms. The quantitative estimate of drug-likeness (QED) is 0.212. The molecule has 4 nitrogen and oxygen atoms in total. The van der Waals surface area contributed by atoms with Gasteiger partial charge in [-0.05, 0) is 12.8 Å². The van der Waals surface area contributed by atoms with Crippen LogP contribution in [0.25, 0.3) is 0 Å². The summed E-state index contributed by atoms with van der Waals surface area (Å²) in [6, 6.07) is 0. The third kappa shape index (κ3) is 17.6. The van der Waals surface area contributed by atoms with Crippen LogP contribution in [0, 0.1) is 0 Å². The number of aliphatic hydroxyl groups is 1. The third-order valence-corrected chi connectivity index (χ3v) is 6.29. The Hall–Kier alpha value is 1.51. The minimum Gasteiger partial charge on any atom is -0.748 e. The minimum atomic E-state index is -4.42. The summed E-state index contributed by atoms with van der Waals surface area (Å²) in [6.07, 6.45) is 15.2. The van der Waals surface area contributed by atoms with Crippen molar-refractivity contribution in [2.45, 2.75) is 128 Å². The molecule has 1 N–H and O–H groups in total. The average Bonchev–Trinajstić information content (AvgIpc) is 2.55. The second-order valence-corrected chi connectivity index (χ2v) is 9.01. The van der Waals surface area contributed by atoms with E-state index in [1.807, 2.05) is 0 Å². The van der Waals surface area contributed by atoms with E-state index in [-0.39, 0.29) is 51.4 Å². The summed E-state index contributed by atoms with van der Waals surface area (Å²) < 4.78 is 34.4. The summed E-state index contributed by atoms with van der Waals surface area (Å²) in [5, 5.41) is 9.06. The maximum absolute atomic E-state index is 11.5. The van der Waals surface area contributed by atoms with Crippen LogP contribution in [0.15, 0.2) is 0 Å². The molecule has 0 radical (unpaired) electrons. The first kappa shape index (κ1) is 29.7. The predicted octanol–water partition coefficient (Wildman–Crippen LogP) is 2.55. The molecule has 0 aliphatic carbocycles. The maximum atomic E-state index is 11.5. The monoisotopic (exact) mass is 416 g/mol. The van der Waals surface area contributed by atoms with Gasteiger partial charge in [-0.2, -0.15) is 0 Å². The Labute approximate surface area is 205 Å². The van der Waals surface area contributed by atoms with E-state index < -0.39 is 21.5 Å². The molecule has 0 aliphatic rings. The molecule has 2 unspecified atom stereocenters. The van der Waals surface area contributed by atoms with Crippen LogP contribution in [0.3, 0.4) is 0 Å². The molecular formula is C20H41KO4S. The third-order valence-electron chi connectivity index (χ3n) is 5.00. The molecule has 0 amide bonds. The van der Waals surface area contributed by atoms with Crippen molar-refractivity contribution < 1.29 is 69.5 Å². The molecule has 6 heteroatoms. The largest absolute Gasteiger partial charge is 1.00 e. The summed E-state index contributed by atoms with van der Waals surface area (Å²) >= 11 is 0. The Bertz CT molecular complexity index is 387. The number of rotatable bonds is 18. The van der Waals surface area contributed by atoms with Crippen molar-refractivity contribution in [2.24, 2.45) is 0 Å². The van der Waals surface area contributed by atoms with E-state index in [1.165, 1.54) is 44.9 Å². The molecule has 0 saturated heterocycles. The van der Waals surface area contributed by atoms with Crippen LogP contribution in [-0.4, -0.2) is 29.4 Å². The fourth-order valence-electron chi connectivity index (χ4n) is 3.33. The second kappa shape index (κ2) is 19.8. The van der Waals surface area contributed by atoms with Gasteiger partial charge < -0.3 is 9.66 Å². The SMILES string of the molecule is CCCCCCCCCCC(O)C(CCCCCCCC)S(=O)(=O)[O-].[K+]. The molecule has 0 fully saturated rings. The van der Waals surface area contributed by atoms with Crippen LogP contribution >= 0.6 is 0 Å². The Morgan fingerprint density at radius 2 is 1.04 bits per heavy atom. The van der Waals surface area contributed by atoms with Gasteiger partial charge >= 0.3 is 51.4 Å². The fourth-order valence-corrected chi connectivity index (χ4v) is 4.30. The van der Waals surface area contributed by atoms with Crippen molar-refractivity contribution in [3.05, 3.63) is 0 Å². The fraction of sp³-hybridized carbons (Fsp3) is 1.00. The first-order valence-corrected chi connectivity index (χ1v) is 12.0. The van der Waals surface area contributed by atoms with Gasteiger partial charge in [-0.25, -0.2) is 8.42 Å². The number of hydrogen-bond acceptors (Lipinski definition) is 4. The van der Waals surface area contributed by atoms with Crippen molar-refractivity contribution >= 4 is 10.1 Å². The number of hydrogen-bond donors (Lipinski definition) is 1. The summed E-state index contributed by atoms with van der Waals surface area (Å²) in [5.41, 5.74) is 0. The van der Waals surface area contributed by atoms with E-state index in [1.54, 1.807) is 0 Å². The molecule has 0 heterocycles. The van der Waals surface area contributed by atoms with Crippen molar-refractivity contribution in [1.82, 2.24) is 0 Å². The molecule has 0 aromatic carbocycles. The van der Waals surface area contributed by atoms with Gasteiger partial charge in [0.05, 0.1) is 11.4 Å². The van der Waals surface area contributed by atoms with Gasteiger partial charge in [0.15, 0.2) is 0 Å². The Balaban J connectivity index is 0. The topological polar surface area (TPSA) is 77.4 Å². The zero-order chi connectivity index (χ0) is 19.0. The molecule has 0 aliphatic heterocycles. The van der Waals surface area contributed by atoms with Gasteiger partial charge in [0.1, 0.15) is 10.1 Å². The van der Waals surface area contributed by atoms with Crippen LogP contribution in [0.1, 0.15) is 117 Å². The van der Waals surface area contributed by atoms with Gasteiger partial charge in [0, 0.05) is 0 Å². The second-order valence-electron chi connectivity index (χ2n) is 7.42. The van der Waals surface area contributed by atoms with Gasteiger partial charge in [-0.1, -0.05) is 104 Å². The Kier molecular flexibility index (Phi) is 22.6. The summed E-state index contributed by atoms with van der Waals surface area (Å²) in [5.74, 6) is 0. The number of unbranched alkanes of at least 4 members (excludes halogenated alkanes) is 12. The van der Waals surface area contributed by atoms with E-state index in [9.17, 15) is 18.1 Å². The van der Waals surface area contributed by atoms with Gasteiger partial charge in [-0.3, -0.25) is 0 Å². The maximum Gasteiger partial charge on any atom is 1.00 e. The summed E-state index contributed by atoms with van der Waals surface area (Å²) in [7, 11) is -4.42. The van der Waals surface area contributed by atoms with Gasteiger partial charge in [-0.15, -0.1) is 0 Å². The predicted molar refractivity (Wildman–Crippen MR) is 105 cm³/mol. The van der Waals surface area contributed by atoms with Crippen LogP contribution in [0.5, 0.6) is 0 Å². The Morgan fingerprint density at radius 1 is 0.692 bits per heavy atom. The van der Waals surface area contributed by atoms with Crippen molar-refractivity contribution in [2.75, 3.05) is 0 Å². The molecule has 0 saturated carbocycles. The van der Waals surface area contributed by atoms with E-state index in [2.05, 4.69) is 13.8 Å². The van der Waals surface area contributed by atoms with Gasteiger partial charge in [0.2, 0.25) is 0 Å². The molecule has 0 spiro atoms. The molecule has 0 aromatic rings. The van der Waals surface area contributed by atoms with E-state index >= 15 is 0 Å². The van der Waals surface area contributed by atoms with Crippen molar-refractivity contribution in [3.63, 3.8) is 0 Å². The van der Waals surface area contributed by atoms with E-state index in [4.69, 9.17) is 0 Å². The standard InChI is InChI=1S/C20H42O4S.K/c1-3-5-7-9-11-12-13-15-17-19(21)20(25(22,23)24)18-16-14-10-8-6-4-2;/h19-21H,3-18H2,1-2H3,(H,22,23,24);/q;+1/p-1. The normalized spacial score (nSPS) is 14.0. The van der Waals surface area contributed by atoms with Gasteiger partial charge in [0.25, 0.3) is 0 Å². The summed E-state index contributed by atoms with van der Waals surface area (Å²) in [6.45, 7) is 4.36. The van der Waals surface area contributed by atoms with E-state index in [0.717, 1.165) is 38.5 Å². The van der Waals surface area contributed by atoms with Crippen LogP contribution in [0.2, 0.25) is 0 Å². The molecule has 0 aromatic heterocycles. The molecule has 2 atom stereocenters. The van der Waals surface area contributed by atoms with Crippen LogP contribution in [-0.2, 0) is 10.1 Å². The Morgan fingerprint density at radius 3 is 1.42 bits per heavy atom. The molecular weight excluding hydrogens is 375 g/mol. The first-order valence-electron chi connectivity index (χ1n) is 10.6. The zero-order valence-corrected chi connectivity index (χ0v) is 21.5. The van der Waals surface area contributed by atoms with Crippen molar-refractivity contribution in [1.29, 1.82) is 0 Å². The van der Waals surface area contributed by atoms with E-state index in [0.29, 0.717) is 19.3 Å².